The molecule has 0 aliphatic rings. The number of benzene rings is 2. The molecule has 0 saturated heterocycles. The Hall–Kier alpha value is -3.55. The highest BCUT2D eigenvalue weighted by molar-refractivity contribution is 5.94. The molecule has 2 aromatic carbocycles. The molecule has 2 N–H and O–H groups in total. The van der Waals surface area contributed by atoms with Gasteiger partial charge < -0.3 is 10.0 Å². The summed E-state index contributed by atoms with van der Waals surface area (Å²) in [5.41, 5.74) is 0.114. The number of amides is 1. The number of rotatable bonds is 8. The van der Waals surface area contributed by atoms with E-state index in [9.17, 15) is 23.5 Å². The minimum atomic E-state index is -0.755. The maximum atomic E-state index is 14.6. The monoisotopic (exact) mass is 427 g/mol. The molecule has 0 radical (unpaired) electrons. The molecule has 0 spiro atoms. The van der Waals surface area contributed by atoms with Crippen molar-refractivity contribution in [2.75, 3.05) is 13.1 Å². The molecule has 0 fully saturated rings. The van der Waals surface area contributed by atoms with Crippen LogP contribution in [0.4, 0.5) is 8.78 Å². The Kier molecular flexibility index (Phi) is 7.12. The Balaban J connectivity index is 1.90. The van der Waals surface area contributed by atoms with E-state index in [-0.39, 0.29) is 18.1 Å². The summed E-state index contributed by atoms with van der Waals surface area (Å²) in [6.07, 6.45) is 1.88. The van der Waals surface area contributed by atoms with Crippen LogP contribution in [0.25, 0.3) is 0 Å². The molecule has 8 heteroatoms. The van der Waals surface area contributed by atoms with E-state index < -0.39 is 28.8 Å². The van der Waals surface area contributed by atoms with Gasteiger partial charge in [0.1, 0.15) is 11.6 Å². The fraction of sp³-hybridized carbons (Fsp3) is 0.261. The number of carbonyl (C=O) groups is 1. The van der Waals surface area contributed by atoms with Gasteiger partial charge in [0.15, 0.2) is 11.4 Å². The fourth-order valence-corrected chi connectivity index (χ4v) is 3.52. The highest BCUT2D eigenvalue weighted by Gasteiger charge is 2.24. The summed E-state index contributed by atoms with van der Waals surface area (Å²) < 4.78 is 28.0. The lowest BCUT2D eigenvalue weighted by Crippen LogP contribution is -2.35. The Morgan fingerprint density at radius 3 is 2.52 bits per heavy atom. The first kappa shape index (κ1) is 22.1. The van der Waals surface area contributed by atoms with Crippen molar-refractivity contribution in [3.8, 4) is 5.75 Å². The predicted molar refractivity (Wildman–Crippen MR) is 112 cm³/mol. The van der Waals surface area contributed by atoms with Gasteiger partial charge in [-0.2, -0.15) is 5.10 Å². The number of hydrogen-bond acceptors (Lipinski definition) is 4. The minimum Gasteiger partial charge on any atom is -0.502 e. The lowest BCUT2D eigenvalue weighted by atomic mass is 9.88. The summed E-state index contributed by atoms with van der Waals surface area (Å²) in [6, 6.07) is 12.2. The Morgan fingerprint density at radius 2 is 1.84 bits per heavy atom. The highest BCUT2D eigenvalue weighted by Crippen LogP contribution is 2.30. The van der Waals surface area contributed by atoms with E-state index in [0.717, 1.165) is 6.20 Å². The Labute approximate surface area is 178 Å². The van der Waals surface area contributed by atoms with E-state index in [0.29, 0.717) is 30.5 Å². The van der Waals surface area contributed by atoms with Crippen LogP contribution >= 0.6 is 0 Å². The van der Waals surface area contributed by atoms with E-state index in [4.69, 9.17) is 0 Å². The van der Waals surface area contributed by atoms with Crippen molar-refractivity contribution in [2.45, 2.75) is 25.7 Å². The van der Waals surface area contributed by atoms with E-state index in [1.165, 1.54) is 23.1 Å². The summed E-state index contributed by atoms with van der Waals surface area (Å²) >= 11 is 0. The fourth-order valence-electron chi connectivity index (χ4n) is 3.52. The number of nitrogens with zero attached hydrogens (tertiary/aromatic N) is 2. The van der Waals surface area contributed by atoms with Gasteiger partial charge >= 0.3 is 0 Å². The maximum absolute atomic E-state index is 14.6. The molecule has 1 heterocycles. The third-order valence-corrected chi connectivity index (χ3v) is 5.06. The molecule has 1 aromatic heterocycles. The predicted octanol–water partition coefficient (Wildman–Crippen LogP) is 3.83. The zero-order valence-electron chi connectivity index (χ0n) is 17.0. The average molecular weight is 427 g/mol. The Bertz CT molecular complexity index is 1100. The first-order valence-corrected chi connectivity index (χ1v) is 9.98. The van der Waals surface area contributed by atoms with Gasteiger partial charge in [0.2, 0.25) is 5.43 Å². The molecule has 6 nitrogen and oxygen atoms in total. The normalized spacial score (nSPS) is 11.8. The lowest BCUT2D eigenvalue weighted by Gasteiger charge is -2.26. The molecule has 1 unspecified atom stereocenters. The van der Waals surface area contributed by atoms with Gasteiger partial charge in [-0.05, 0) is 42.2 Å². The zero-order chi connectivity index (χ0) is 22.4. The largest absolute Gasteiger partial charge is 0.502 e. The van der Waals surface area contributed by atoms with Gasteiger partial charge in [-0.3, -0.25) is 14.7 Å². The maximum Gasteiger partial charge on any atom is 0.275 e. The van der Waals surface area contributed by atoms with Crippen molar-refractivity contribution < 1.29 is 18.7 Å². The van der Waals surface area contributed by atoms with Gasteiger partial charge in [0, 0.05) is 19.0 Å². The second-order valence-corrected chi connectivity index (χ2v) is 7.16. The number of hydrogen-bond donors (Lipinski definition) is 2. The van der Waals surface area contributed by atoms with Crippen LogP contribution in [0.5, 0.6) is 5.75 Å². The summed E-state index contributed by atoms with van der Waals surface area (Å²) in [4.78, 5) is 26.1. The lowest BCUT2D eigenvalue weighted by molar-refractivity contribution is 0.0741. The van der Waals surface area contributed by atoms with Crippen molar-refractivity contribution in [2.24, 2.45) is 0 Å². The summed E-state index contributed by atoms with van der Waals surface area (Å²) in [5, 5.41) is 15.9. The van der Waals surface area contributed by atoms with Crippen molar-refractivity contribution in [3.05, 3.63) is 93.4 Å². The number of halogens is 2. The third-order valence-electron chi connectivity index (χ3n) is 5.06. The summed E-state index contributed by atoms with van der Waals surface area (Å²) in [7, 11) is 0. The van der Waals surface area contributed by atoms with Crippen LogP contribution < -0.4 is 5.43 Å². The molecular formula is C23H23F2N3O3. The molecular weight excluding hydrogens is 404 g/mol. The van der Waals surface area contributed by atoms with Gasteiger partial charge in [-0.25, -0.2) is 8.78 Å². The number of H-pyrrole nitrogens is 1. The summed E-state index contributed by atoms with van der Waals surface area (Å²) in [6.45, 7) is 2.47. The van der Waals surface area contributed by atoms with Crippen molar-refractivity contribution in [1.29, 1.82) is 0 Å². The zero-order valence-corrected chi connectivity index (χ0v) is 17.0. The molecule has 1 amide bonds. The molecule has 3 rings (SSSR count). The number of carbonyl (C=O) groups excluding carboxylic acids is 1. The van der Waals surface area contributed by atoms with Gasteiger partial charge in [0.05, 0.1) is 6.20 Å². The molecule has 162 valence electrons. The van der Waals surface area contributed by atoms with Crippen molar-refractivity contribution in [1.82, 2.24) is 15.1 Å². The number of aromatic hydroxyl groups is 1. The third kappa shape index (κ3) is 5.14. The molecule has 0 saturated carbocycles. The van der Waals surface area contributed by atoms with Crippen LogP contribution in [-0.2, 0) is 0 Å². The molecule has 0 aliphatic heterocycles. The first-order chi connectivity index (χ1) is 14.9. The quantitative estimate of drug-likeness (QED) is 0.572. The van der Waals surface area contributed by atoms with Crippen LogP contribution in [0.15, 0.2) is 59.5 Å². The Morgan fingerprint density at radius 1 is 1.13 bits per heavy atom. The number of aromatic amines is 1. The smallest absolute Gasteiger partial charge is 0.275 e. The first-order valence-electron chi connectivity index (χ1n) is 9.98. The van der Waals surface area contributed by atoms with Crippen LogP contribution in [0.3, 0.4) is 0 Å². The minimum absolute atomic E-state index is 0.222. The summed E-state index contributed by atoms with van der Waals surface area (Å²) in [5.74, 6) is -2.47. The molecule has 1 atom stereocenters. The second kappa shape index (κ2) is 9.97. The SMILES string of the molecule is CCCN(CCC(c1ccc(F)cc1)c1ccccc1F)C(=O)c1[nH]ncc(=O)c1O. The van der Waals surface area contributed by atoms with E-state index in [1.807, 2.05) is 6.92 Å². The number of aromatic nitrogens is 2. The molecule has 0 aliphatic carbocycles. The van der Waals surface area contributed by atoms with Crippen LogP contribution in [-0.4, -0.2) is 39.2 Å². The van der Waals surface area contributed by atoms with Crippen molar-refractivity contribution >= 4 is 5.91 Å². The highest BCUT2D eigenvalue weighted by atomic mass is 19.1. The molecule has 0 bridgehead atoms. The topological polar surface area (TPSA) is 86.3 Å². The molecule has 3 aromatic rings. The number of nitrogens with one attached hydrogen (secondary N) is 1. The molecule has 31 heavy (non-hydrogen) atoms. The second-order valence-electron chi connectivity index (χ2n) is 7.16. The van der Waals surface area contributed by atoms with Crippen LogP contribution in [0.1, 0.15) is 47.3 Å². The van der Waals surface area contributed by atoms with Gasteiger partial charge in [-0.1, -0.05) is 37.3 Å². The van der Waals surface area contributed by atoms with E-state index in [1.54, 1.807) is 30.3 Å². The van der Waals surface area contributed by atoms with Crippen LogP contribution in [0, 0.1) is 11.6 Å². The van der Waals surface area contributed by atoms with Crippen molar-refractivity contribution in [3.63, 3.8) is 0 Å². The van der Waals surface area contributed by atoms with Gasteiger partial charge in [-0.15, -0.1) is 0 Å². The van der Waals surface area contributed by atoms with E-state index in [2.05, 4.69) is 10.2 Å². The van der Waals surface area contributed by atoms with Gasteiger partial charge in [0.25, 0.3) is 5.91 Å². The standard InChI is InChI=1S/C23H23F2N3O3/c1-2-12-28(23(31)21-22(30)20(29)14-26-27-21)13-11-17(15-7-9-16(24)10-8-15)18-5-3-4-6-19(18)25/h3-10,14,17H,2,11-13H2,1H3,(H,26,30)(H,27,29). The van der Waals surface area contributed by atoms with Crippen LogP contribution in [0.2, 0.25) is 0 Å². The van der Waals surface area contributed by atoms with E-state index >= 15 is 0 Å². The average Bonchev–Trinajstić information content (AvgIpc) is 2.76.